The van der Waals surface area contributed by atoms with Crippen molar-refractivity contribution in [3.63, 3.8) is 0 Å². The topological polar surface area (TPSA) is 84.7 Å². The Balaban J connectivity index is 2.10. The largest absolute Gasteiger partial charge is 0.490 e. The van der Waals surface area contributed by atoms with Crippen molar-refractivity contribution < 1.29 is 13.2 Å². The molecule has 0 bridgehead atoms. The number of sulfonamides is 1. The molecule has 1 saturated heterocycles. The Hall–Kier alpha value is -1.31. The molecule has 112 valence electrons. The van der Waals surface area contributed by atoms with Gasteiger partial charge in [-0.2, -0.15) is 0 Å². The monoisotopic (exact) mass is 299 g/mol. The van der Waals surface area contributed by atoms with Crippen LogP contribution in [0.25, 0.3) is 0 Å². The van der Waals surface area contributed by atoms with E-state index >= 15 is 0 Å². The number of piperidine rings is 1. The van der Waals surface area contributed by atoms with Gasteiger partial charge in [-0.15, -0.1) is 0 Å². The summed E-state index contributed by atoms with van der Waals surface area (Å²) in [6.45, 7) is 2.01. The van der Waals surface area contributed by atoms with Gasteiger partial charge in [0.2, 0.25) is 10.0 Å². The van der Waals surface area contributed by atoms with Gasteiger partial charge in [-0.25, -0.2) is 13.1 Å². The molecule has 1 aliphatic heterocycles. The van der Waals surface area contributed by atoms with Gasteiger partial charge in [0.15, 0.2) is 0 Å². The molecule has 1 fully saturated rings. The molecule has 0 spiro atoms. The molecule has 0 radical (unpaired) electrons. The zero-order valence-electron chi connectivity index (χ0n) is 11.8. The number of hydrogen-bond donors (Lipinski definition) is 2. The standard InChI is InChI=1S/C13H21N3O3S/c1-15-20(17,18)13-4-3-11(9-12(13)14)19-10-5-7-16(2)8-6-10/h3-4,9-10,15H,5-8,14H2,1-2H3. The van der Waals surface area contributed by atoms with Crippen LogP contribution in [0.3, 0.4) is 0 Å². The molecule has 3 N–H and O–H groups in total. The van der Waals surface area contributed by atoms with Crippen molar-refractivity contribution in [1.82, 2.24) is 9.62 Å². The average Bonchev–Trinajstić information content (AvgIpc) is 2.41. The fraction of sp³-hybridized carbons (Fsp3) is 0.538. The molecule has 0 aliphatic carbocycles. The minimum absolute atomic E-state index is 0.0794. The minimum atomic E-state index is -3.52. The Morgan fingerprint density at radius 1 is 1.35 bits per heavy atom. The summed E-state index contributed by atoms with van der Waals surface area (Å²) in [7, 11) is -0.0755. The van der Waals surface area contributed by atoms with Crippen molar-refractivity contribution in [2.45, 2.75) is 23.8 Å². The van der Waals surface area contributed by atoms with E-state index in [4.69, 9.17) is 10.5 Å². The average molecular weight is 299 g/mol. The van der Waals surface area contributed by atoms with E-state index in [1.165, 1.54) is 13.1 Å². The van der Waals surface area contributed by atoms with E-state index in [9.17, 15) is 8.42 Å². The first-order valence-electron chi connectivity index (χ1n) is 6.60. The molecule has 0 amide bonds. The first kappa shape index (κ1) is 15.1. The third kappa shape index (κ3) is 3.41. The van der Waals surface area contributed by atoms with E-state index < -0.39 is 10.0 Å². The Labute approximate surface area is 120 Å². The highest BCUT2D eigenvalue weighted by Gasteiger charge is 2.20. The number of nitrogen functional groups attached to an aromatic ring is 1. The molecule has 0 atom stereocenters. The smallest absolute Gasteiger partial charge is 0.242 e. The lowest BCUT2D eigenvalue weighted by Gasteiger charge is -2.29. The van der Waals surface area contributed by atoms with Gasteiger partial charge >= 0.3 is 0 Å². The maximum atomic E-state index is 11.7. The number of anilines is 1. The maximum absolute atomic E-state index is 11.7. The highest BCUT2D eigenvalue weighted by Crippen LogP contribution is 2.26. The van der Waals surface area contributed by atoms with Crippen molar-refractivity contribution in [1.29, 1.82) is 0 Å². The van der Waals surface area contributed by atoms with E-state index in [1.54, 1.807) is 12.1 Å². The van der Waals surface area contributed by atoms with E-state index in [2.05, 4.69) is 16.7 Å². The third-order valence-electron chi connectivity index (χ3n) is 3.51. The molecule has 0 unspecified atom stereocenters. The molecule has 0 saturated carbocycles. The second kappa shape index (κ2) is 5.99. The summed E-state index contributed by atoms with van der Waals surface area (Å²) in [5, 5.41) is 0. The number of rotatable bonds is 4. The summed E-state index contributed by atoms with van der Waals surface area (Å²) in [5.41, 5.74) is 6.00. The van der Waals surface area contributed by atoms with Crippen LogP contribution < -0.4 is 15.2 Å². The van der Waals surface area contributed by atoms with Crippen LogP contribution in [-0.2, 0) is 10.0 Å². The summed E-state index contributed by atoms with van der Waals surface area (Å²) in [6, 6.07) is 4.70. The van der Waals surface area contributed by atoms with Crippen molar-refractivity contribution in [2.24, 2.45) is 0 Å². The van der Waals surface area contributed by atoms with Gasteiger partial charge in [0.1, 0.15) is 16.7 Å². The second-order valence-corrected chi connectivity index (χ2v) is 6.88. The number of likely N-dealkylation sites (tertiary alicyclic amines) is 1. The highest BCUT2D eigenvalue weighted by molar-refractivity contribution is 7.89. The van der Waals surface area contributed by atoms with Crippen molar-refractivity contribution >= 4 is 15.7 Å². The molecular weight excluding hydrogens is 278 g/mol. The highest BCUT2D eigenvalue weighted by atomic mass is 32.2. The number of benzene rings is 1. The zero-order valence-corrected chi connectivity index (χ0v) is 12.6. The summed E-state index contributed by atoms with van der Waals surface area (Å²) in [4.78, 5) is 2.34. The normalized spacial score (nSPS) is 18.1. The first-order valence-corrected chi connectivity index (χ1v) is 8.09. The van der Waals surface area contributed by atoms with Gasteiger partial charge in [0.05, 0.1) is 5.69 Å². The van der Waals surface area contributed by atoms with Crippen LogP contribution in [0.2, 0.25) is 0 Å². The second-order valence-electron chi connectivity index (χ2n) is 5.03. The Morgan fingerprint density at radius 2 is 2.00 bits per heavy atom. The number of ether oxygens (including phenoxy) is 1. The summed E-state index contributed by atoms with van der Waals surface area (Å²) < 4.78 is 31.6. The van der Waals surface area contributed by atoms with E-state index in [1.807, 2.05) is 0 Å². The fourth-order valence-corrected chi connectivity index (χ4v) is 3.09. The summed E-state index contributed by atoms with van der Waals surface area (Å²) in [5.74, 6) is 0.618. The van der Waals surface area contributed by atoms with Crippen LogP contribution in [0.4, 0.5) is 5.69 Å². The molecular formula is C13H21N3O3S. The van der Waals surface area contributed by atoms with Gasteiger partial charge in [-0.05, 0) is 39.1 Å². The molecule has 1 aromatic rings. The Bertz CT molecular complexity index is 566. The van der Waals surface area contributed by atoms with Crippen molar-refractivity contribution in [3.05, 3.63) is 18.2 Å². The lowest BCUT2D eigenvalue weighted by atomic mass is 10.1. The lowest BCUT2D eigenvalue weighted by molar-refractivity contribution is 0.114. The van der Waals surface area contributed by atoms with Gasteiger partial charge in [-0.1, -0.05) is 0 Å². The molecule has 1 aliphatic rings. The van der Waals surface area contributed by atoms with Gasteiger partial charge in [0.25, 0.3) is 0 Å². The predicted octanol–water partition coefficient (Wildman–Crippen LogP) is 0.650. The molecule has 1 heterocycles. The molecule has 7 heteroatoms. The molecule has 2 rings (SSSR count). The number of hydrogen-bond acceptors (Lipinski definition) is 5. The van der Waals surface area contributed by atoms with Crippen molar-refractivity contribution in [3.8, 4) is 5.75 Å². The van der Waals surface area contributed by atoms with E-state index in [0.717, 1.165) is 25.9 Å². The van der Waals surface area contributed by atoms with Crippen LogP contribution in [0.15, 0.2) is 23.1 Å². The van der Waals surface area contributed by atoms with Crippen LogP contribution in [-0.4, -0.2) is 46.6 Å². The zero-order chi connectivity index (χ0) is 14.8. The van der Waals surface area contributed by atoms with Crippen molar-refractivity contribution in [2.75, 3.05) is 32.9 Å². The van der Waals surface area contributed by atoms with Gasteiger partial charge in [0, 0.05) is 19.2 Å². The first-order chi connectivity index (χ1) is 9.42. The van der Waals surface area contributed by atoms with E-state index in [-0.39, 0.29) is 16.7 Å². The number of nitrogens with one attached hydrogen (secondary N) is 1. The Morgan fingerprint density at radius 3 is 2.55 bits per heavy atom. The van der Waals surface area contributed by atoms with Crippen LogP contribution in [0, 0.1) is 0 Å². The summed E-state index contributed by atoms with van der Waals surface area (Å²) >= 11 is 0. The number of nitrogens with zero attached hydrogens (tertiary/aromatic N) is 1. The molecule has 0 aromatic heterocycles. The van der Waals surface area contributed by atoms with Crippen LogP contribution in [0.1, 0.15) is 12.8 Å². The fourth-order valence-electron chi connectivity index (χ4n) is 2.25. The number of nitrogens with two attached hydrogens (primary N) is 1. The maximum Gasteiger partial charge on any atom is 0.242 e. The van der Waals surface area contributed by atoms with Crippen LogP contribution in [0.5, 0.6) is 5.75 Å². The lowest BCUT2D eigenvalue weighted by Crippen LogP contribution is -2.35. The quantitative estimate of drug-likeness (QED) is 0.797. The third-order valence-corrected chi connectivity index (χ3v) is 5.00. The van der Waals surface area contributed by atoms with E-state index in [0.29, 0.717) is 5.75 Å². The molecule has 1 aromatic carbocycles. The summed E-state index contributed by atoms with van der Waals surface area (Å²) in [6.07, 6.45) is 2.09. The predicted molar refractivity (Wildman–Crippen MR) is 78.2 cm³/mol. The molecule has 6 nitrogen and oxygen atoms in total. The Kier molecular flexibility index (Phi) is 4.52. The van der Waals surface area contributed by atoms with Gasteiger partial charge in [-0.3, -0.25) is 0 Å². The van der Waals surface area contributed by atoms with Crippen LogP contribution >= 0.6 is 0 Å². The molecule has 20 heavy (non-hydrogen) atoms. The van der Waals surface area contributed by atoms with Gasteiger partial charge < -0.3 is 15.4 Å². The SMILES string of the molecule is CNS(=O)(=O)c1ccc(OC2CCN(C)CC2)cc1N. The minimum Gasteiger partial charge on any atom is -0.490 e.